The smallest absolute Gasteiger partial charge is 0.281 e. The van der Waals surface area contributed by atoms with Crippen molar-refractivity contribution >= 4 is 67.7 Å². The predicted octanol–water partition coefficient (Wildman–Crippen LogP) is 4.48. The Morgan fingerprint density at radius 1 is 1.11 bits per heavy atom. The Labute approximate surface area is 224 Å². The second-order valence-electron chi connectivity index (χ2n) is 9.15. The Morgan fingerprint density at radius 2 is 1.86 bits per heavy atom. The van der Waals surface area contributed by atoms with Gasteiger partial charge >= 0.3 is 0 Å². The highest BCUT2D eigenvalue weighted by molar-refractivity contribution is 9.10. The van der Waals surface area contributed by atoms with Crippen LogP contribution in [-0.4, -0.2) is 64.6 Å². The van der Waals surface area contributed by atoms with E-state index in [0.29, 0.717) is 37.1 Å². The molecule has 9 heteroatoms. The molecule has 0 saturated carbocycles. The van der Waals surface area contributed by atoms with Gasteiger partial charge in [-0.3, -0.25) is 14.5 Å². The summed E-state index contributed by atoms with van der Waals surface area (Å²) in [5.74, 6) is -0.125. The zero-order valence-electron chi connectivity index (χ0n) is 20.5. The van der Waals surface area contributed by atoms with Crippen molar-refractivity contribution in [2.24, 2.45) is 0 Å². The molecule has 2 aliphatic rings. The Kier molecular flexibility index (Phi) is 6.72. The minimum absolute atomic E-state index is 0.0495. The lowest BCUT2D eigenvalue weighted by Crippen LogP contribution is -2.42. The average Bonchev–Trinajstić information content (AvgIpc) is 3.30. The van der Waals surface area contributed by atoms with Gasteiger partial charge in [-0.2, -0.15) is 0 Å². The number of aromatic nitrogens is 1. The highest BCUT2D eigenvalue weighted by atomic mass is 79.9. The van der Waals surface area contributed by atoms with E-state index in [9.17, 15) is 9.59 Å². The van der Waals surface area contributed by atoms with Crippen LogP contribution >= 0.6 is 28.1 Å². The average molecular weight is 568 g/mol. The summed E-state index contributed by atoms with van der Waals surface area (Å²) in [5.41, 5.74) is 5.27. The maximum atomic E-state index is 13.6. The summed E-state index contributed by atoms with van der Waals surface area (Å²) in [4.78, 5) is 31.7. The molecule has 3 aromatic rings. The van der Waals surface area contributed by atoms with Crippen LogP contribution in [0.2, 0.25) is 0 Å². The summed E-state index contributed by atoms with van der Waals surface area (Å²) >= 11 is 9.22. The Bertz CT molecular complexity index is 1420. The minimum atomic E-state index is -0.175. The summed E-state index contributed by atoms with van der Waals surface area (Å²) < 4.78 is 8.25. The van der Waals surface area contributed by atoms with Gasteiger partial charge in [0, 0.05) is 47.3 Å². The van der Waals surface area contributed by atoms with E-state index < -0.39 is 0 Å². The number of rotatable bonds is 4. The predicted molar refractivity (Wildman–Crippen MR) is 149 cm³/mol. The van der Waals surface area contributed by atoms with Gasteiger partial charge in [-0.15, -0.1) is 0 Å². The number of benzene rings is 2. The van der Waals surface area contributed by atoms with Gasteiger partial charge in [0.1, 0.15) is 12.2 Å². The molecular weight excluding hydrogens is 540 g/mol. The van der Waals surface area contributed by atoms with Crippen LogP contribution in [0, 0.1) is 13.8 Å². The molecule has 7 nitrogen and oxygen atoms in total. The molecule has 36 heavy (non-hydrogen) atoms. The lowest BCUT2D eigenvalue weighted by Gasteiger charge is -2.27. The molecule has 2 fully saturated rings. The third kappa shape index (κ3) is 4.47. The number of carbonyl (C=O) groups is 2. The number of halogens is 1. The van der Waals surface area contributed by atoms with E-state index in [1.807, 2.05) is 79.0 Å². The molecule has 0 N–H and O–H groups in total. The van der Waals surface area contributed by atoms with Crippen LogP contribution in [0.3, 0.4) is 0 Å². The lowest BCUT2D eigenvalue weighted by atomic mass is 10.1. The molecule has 186 valence electrons. The summed E-state index contributed by atoms with van der Waals surface area (Å²) in [5, 5.41) is 1.38. The maximum Gasteiger partial charge on any atom is 0.281 e. The SMILES string of the molecule is Cc1ccc(N2C(=O)/C(=C/c3cn(CC(=O)N4CCOCC4)c4ccc(Br)cc34)N(C)C2=S)cc1C. The maximum absolute atomic E-state index is 13.6. The molecule has 5 rings (SSSR count). The monoisotopic (exact) mass is 566 g/mol. The lowest BCUT2D eigenvalue weighted by molar-refractivity contribution is -0.135. The minimum Gasteiger partial charge on any atom is -0.378 e. The van der Waals surface area contributed by atoms with Gasteiger partial charge in [0.15, 0.2) is 5.11 Å². The van der Waals surface area contributed by atoms with Gasteiger partial charge in [-0.05, 0) is 73.6 Å². The van der Waals surface area contributed by atoms with Crippen LogP contribution < -0.4 is 4.90 Å². The van der Waals surface area contributed by atoms with E-state index in [4.69, 9.17) is 17.0 Å². The third-order valence-electron chi connectivity index (χ3n) is 6.85. The third-order valence-corrected chi connectivity index (χ3v) is 7.80. The van der Waals surface area contributed by atoms with Gasteiger partial charge in [-0.25, -0.2) is 0 Å². The first-order valence-electron chi connectivity index (χ1n) is 11.8. The number of fused-ring (bicyclic) bond motifs is 1. The number of ether oxygens (including phenoxy) is 1. The zero-order chi connectivity index (χ0) is 25.6. The molecule has 2 aromatic carbocycles. The second kappa shape index (κ2) is 9.80. The van der Waals surface area contributed by atoms with Crippen molar-refractivity contribution in [1.29, 1.82) is 0 Å². The van der Waals surface area contributed by atoms with E-state index in [1.54, 1.807) is 9.80 Å². The topological polar surface area (TPSA) is 58.0 Å². The molecule has 2 amide bonds. The van der Waals surface area contributed by atoms with Crippen LogP contribution in [0.4, 0.5) is 5.69 Å². The fourth-order valence-corrected chi connectivity index (χ4v) is 5.25. The number of aryl methyl sites for hydroxylation is 2. The van der Waals surface area contributed by atoms with E-state index in [-0.39, 0.29) is 18.4 Å². The van der Waals surface area contributed by atoms with E-state index in [1.165, 1.54) is 0 Å². The van der Waals surface area contributed by atoms with Gasteiger partial charge in [0.2, 0.25) is 5.91 Å². The van der Waals surface area contributed by atoms with Crippen molar-refractivity contribution in [3.8, 4) is 0 Å². The number of amides is 2. The van der Waals surface area contributed by atoms with Gasteiger partial charge in [0.05, 0.1) is 18.9 Å². The van der Waals surface area contributed by atoms with Crippen LogP contribution in [0.1, 0.15) is 16.7 Å². The van der Waals surface area contributed by atoms with Crippen molar-refractivity contribution in [1.82, 2.24) is 14.4 Å². The van der Waals surface area contributed by atoms with Crippen LogP contribution in [0.15, 0.2) is 52.8 Å². The van der Waals surface area contributed by atoms with E-state index in [0.717, 1.165) is 37.8 Å². The normalized spacial score (nSPS) is 17.7. The van der Waals surface area contributed by atoms with Gasteiger partial charge < -0.3 is 19.1 Å². The Hall–Kier alpha value is -3.01. The van der Waals surface area contributed by atoms with E-state index in [2.05, 4.69) is 15.9 Å². The number of morpholine rings is 1. The molecule has 0 unspecified atom stereocenters. The fraction of sp³-hybridized carbons (Fsp3) is 0.296. The first kappa shape index (κ1) is 24.7. The van der Waals surface area contributed by atoms with Crippen LogP contribution in [-0.2, 0) is 20.9 Å². The first-order valence-corrected chi connectivity index (χ1v) is 13.0. The zero-order valence-corrected chi connectivity index (χ0v) is 22.9. The van der Waals surface area contributed by atoms with Gasteiger partial charge in [-0.1, -0.05) is 22.0 Å². The number of nitrogens with zero attached hydrogens (tertiary/aromatic N) is 4. The fourth-order valence-electron chi connectivity index (χ4n) is 4.60. The molecule has 2 aliphatic heterocycles. The standard InChI is InChI=1S/C27H27BrN4O3S/c1-17-4-6-21(12-18(17)2)32-26(34)24(29(3)27(32)36)13-19-15-31(23-7-5-20(28)14-22(19)23)16-25(33)30-8-10-35-11-9-30/h4-7,12-15H,8-11,16H2,1-3H3/b24-13-. The van der Waals surface area contributed by atoms with Crippen molar-refractivity contribution in [2.45, 2.75) is 20.4 Å². The number of hydrogen-bond acceptors (Lipinski definition) is 4. The molecule has 0 radical (unpaired) electrons. The number of hydrogen-bond donors (Lipinski definition) is 0. The van der Waals surface area contributed by atoms with Gasteiger partial charge in [0.25, 0.3) is 5.91 Å². The van der Waals surface area contributed by atoms with Crippen molar-refractivity contribution in [3.63, 3.8) is 0 Å². The largest absolute Gasteiger partial charge is 0.378 e. The quantitative estimate of drug-likeness (QED) is 0.344. The summed E-state index contributed by atoms with van der Waals surface area (Å²) in [6, 6.07) is 11.9. The first-order chi connectivity index (χ1) is 17.2. The molecule has 3 heterocycles. The molecule has 0 bridgehead atoms. The van der Waals surface area contributed by atoms with Crippen molar-refractivity contribution in [3.05, 3.63) is 69.5 Å². The number of likely N-dealkylation sites (N-methyl/N-ethyl adjacent to an activating group) is 1. The highest BCUT2D eigenvalue weighted by Crippen LogP contribution is 2.32. The van der Waals surface area contributed by atoms with Crippen molar-refractivity contribution in [2.75, 3.05) is 38.3 Å². The molecule has 0 spiro atoms. The van der Waals surface area contributed by atoms with Crippen LogP contribution in [0.25, 0.3) is 17.0 Å². The summed E-state index contributed by atoms with van der Waals surface area (Å²) in [6.45, 7) is 6.61. The highest BCUT2D eigenvalue weighted by Gasteiger charge is 2.37. The molecule has 1 aromatic heterocycles. The summed E-state index contributed by atoms with van der Waals surface area (Å²) in [6.07, 6.45) is 3.80. The number of anilines is 1. The molecule has 0 aliphatic carbocycles. The number of thiocarbonyl (C=S) groups is 1. The number of carbonyl (C=O) groups excluding carboxylic acids is 2. The second-order valence-corrected chi connectivity index (χ2v) is 10.4. The van der Waals surface area contributed by atoms with Crippen LogP contribution in [0.5, 0.6) is 0 Å². The van der Waals surface area contributed by atoms with E-state index >= 15 is 0 Å². The Morgan fingerprint density at radius 3 is 2.58 bits per heavy atom. The van der Waals surface area contributed by atoms with Crippen molar-refractivity contribution < 1.29 is 14.3 Å². The molecule has 2 saturated heterocycles. The summed E-state index contributed by atoms with van der Waals surface area (Å²) in [7, 11) is 1.81. The molecule has 0 atom stereocenters. The molecular formula is C27H27BrN4O3S. The Balaban J connectivity index is 1.52.